The minimum absolute atomic E-state index is 0.555. The molecule has 0 atom stereocenters. The Labute approximate surface area is 138 Å². The van der Waals surface area contributed by atoms with Crippen molar-refractivity contribution in [2.45, 2.75) is 6.92 Å². The molecule has 108 valence electrons. The Bertz CT molecular complexity index is 765. The fraction of sp³-hybridized carbons (Fsp3) is 0.154. The molecule has 1 aromatic carbocycles. The predicted molar refractivity (Wildman–Crippen MR) is 91.0 cm³/mol. The summed E-state index contributed by atoms with van der Waals surface area (Å²) in [7, 11) is 0. The first-order valence-electron chi connectivity index (χ1n) is 6.35. The number of hydrogen-bond acceptors (Lipinski definition) is 5. The first-order valence-corrected chi connectivity index (χ1v) is 7.93. The molecule has 0 aliphatic carbocycles. The number of halogens is 2. The lowest BCUT2D eigenvalue weighted by Gasteiger charge is -2.12. The summed E-state index contributed by atoms with van der Waals surface area (Å²) in [6.45, 7) is 2.75. The summed E-state index contributed by atoms with van der Waals surface area (Å²) in [5, 5.41) is 14.2. The minimum Gasteiger partial charge on any atom is -0.354 e. The molecular formula is C13H12Br2N6. The number of para-hydroxylation sites is 1. The topological polar surface area (TPSA) is 78.5 Å². The van der Waals surface area contributed by atoms with E-state index >= 15 is 0 Å². The second kappa shape index (κ2) is 5.98. The number of anilines is 3. The van der Waals surface area contributed by atoms with Crippen LogP contribution in [0.3, 0.4) is 0 Å². The van der Waals surface area contributed by atoms with Crippen LogP contribution in [-0.2, 0) is 0 Å². The Morgan fingerprint density at radius 3 is 2.67 bits per heavy atom. The van der Waals surface area contributed by atoms with Crippen molar-refractivity contribution in [1.29, 1.82) is 0 Å². The van der Waals surface area contributed by atoms with Gasteiger partial charge in [0.15, 0.2) is 5.65 Å². The van der Waals surface area contributed by atoms with Gasteiger partial charge in [0.05, 0.1) is 17.3 Å². The van der Waals surface area contributed by atoms with Gasteiger partial charge < -0.3 is 10.6 Å². The van der Waals surface area contributed by atoms with E-state index in [2.05, 4.69) is 62.7 Å². The molecule has 3 aromatic rings. The van der Waals surface area contributed by atoms with E-state index in [1.54, 1.807) is 6.20 Å². The van der Waals surface area contributed by atoms with Crippen molar-refractivity contribution in [1.82, 2.24) is 20.2 Å². The van der Waals surface area contributed by atoms with Gasteiger partial charge in [-0.2, -0.15) is 15.1 Å². The SMILES string of the molecule is CCNc1nc(Nc2c(Br)cccc2Br)c2cn[nH]c2n1. The van der Waals surface area contributed by atoms with Gasteiger partial charge >= 0.3 is 0 Å². The number of fused-ring (bicyclic) bond motifs is 1. The maximum absolute atomic E-state index is 4.51. The third-order valence-corrected chi connectivity index (χ3v) is 4.17. The van der Waals surface area contributed by atoms with Crippen molar-refractivity contribution in [3.8, 4) is 0 Å². The molecule has 0 fully saturated rings. The van der Waals surface area contributed by atoms with E-state index in [4.69, 9.17) is 0 Å². The Morgan fingerprint density at radius 2 is 1.95 bits per heavy atom. The molecule has 0 aliphatic heterocycles. The third-order valence-electron chi connectivity index (χ3n) is 2.85. The molecule has 0 radical (unpaired) electrons. The molecule has 21 heavy (non-hydrogen) atoms. The first-order chi connectivity index (χ1) is 10.2. The van der Waals surface area contributed by atoms with Crippen molar-refractivity contribution in [3.05, 3.63) is 33.3 Å². The lowest BCUT2D eigenvalue weighted by molar-refractivity contribution is 1.07. The molecule has 3 N–H and O–H groups in total. The Kier molecular flexibility index (Phi) is 4.07. The average Bonchev–Trinajstić information content (AvgIpc) is 2.92. The Hall–Kier alpha value is -1.67. The molecule has 3 rings (SSSR count). The van der Waals surface area contributed by atoms with Crippen LogP contribution < -0.4 is 10.6 Å². The zero-order chi connectivity index (χ0) is 14.8. The van der Waals surface area contributed by atoms with Gasteiger partial charge in [-0.25, -0.2) is 0 Å². The van der Waals surface area contributed by atoms with Gasteiger partial charge in [-0.1, -0.05) is 6.07 Å². The van der Waals surface area contributed by atoms with Crippen molar-refractivity contribution in [2.75, 3.05) is 17.2 Å². The quantitative estimate of drug-likeness (QED) is 0.603. The summed E-state index contributed by atoms with van der Waals surface area (Å²) >= 11 is 7.07. The summed E-state index contributed by atoms with van der Waals surface area (Å²) < 4.78 is 1.88. The molecule has 0 unspecified atom stereocenters. The maximum Gasteiger partial charge on any atom is 0.226 e. The predicted octanol–water partition coefficient (Wildman–Crippen LogP) is 4.05. The van der Waals surface area contributed by atoms with Crippen LogP contribution in [0.5, 0.6) is 0 Å². The third kappa shape index (κ3) is 2.86. The second-order valence-electron chi connectivity index (χ2n) is 4.28. The zero-order valence-corrected chi connectivity index (χ0v) is 14.3. The van der Waals surface area contributed by atoms with Crippen molar-refractivity contribution >= 4 is 60.3 Å². The van der Waals surface area contributed by atoms with Crippen LogP contribution in [0.2, 0.25) is 0 Å². The highest BCUT2D eigenvalue weighted by Gasteiger charge is 2.12. The van der Waals surface area contributed by atoms with Crippen LogP contribution in [0.4, 0.5) is 17.5 Å². The zero-order valence-electron chi connectivity index (χ0n) is 11.1. The fourth-order valence-corrected chi connectivity index (χ4v) is 3.10. The Balaban J connectivity index is 2.09. The van der Waals surface area contributed by atoms with Gasteiger partial charge in [0.25, 0.3) is 0 Å². The van der Waals surface area contributed by atoms with Crippen molar-refractivity contribution < 1.29 is 0 Å². The molecule has 0 saturated carbocycles. The molecule has 2 aromatic heterocycles. The molecule has 0 aliphatic rings. The summed E-state index contributed by atoms with van der Waals surface area (Å²) in [5.41, 5.74) is 1.59. The van der Waals surface area contributed by atoms with Crippen LogP contribution >= 0.6 is 31.9 Å². The van der Waals surface area contributed by atoms with Gasteiger partial charge in [0.1, 0.15) is 5.82 Å². The summed E-state index contributed by atoms with van der Waals surface area (Å²) in [4.78, 5) is 8.87. The normalized spacial score (nSPS) is 10.8. The fourth-order valence-electron chi connectivity index (χ4n) is 1.90. The van der Waals surface area contributed by atoms with E-state index < -0.39 is 0 Å². The van der Waals surface area contributed by atoms with Gasteiger partial charge in [-0.15, -0.1) is 0 Å². The van der Waals surface area contributed by atoms with E-state index in [1.165, 1.54) is 0 Å². The summed E-state index contributed by atoms with van der Waals surface area (Å²) in [6.07, 6.45) is 1.71. The van der Waals surface area contributed by atoms with Crippen LogP contribution in [0.25, 0.3) is 11.0 Å². The first kappa shape index (κ1) is 14.3. The van der Waals surface area contributed by atoms with E-state index in [-0.39, 0.29) is 0 Å². The molecular weight excluding hydrogens is 400 g/mol. The highest BCUT2D eigenvalue weighted by atomic mass is 79.9. The highest BCUT2D eigenvalue weighted by Crippen LogP contribution is 2.34. The number of nitrogens with one attached hydrogen (secondary N) is 3. The second-order valence-corrected chi connectivity index (χ2v) is 5.99. The monoisotopic (exact) mass is 410 g/mol. The number of aromatic amines is 1. The lowest BCUT2D eigenvalue weighted by Crippen LogP contribution is -2.05. The molecule has 0 amide bonds. The maximum atomic E-state index is 4.51. The van der Waals surface area contributed by atoms with Gasteiger partial charge in [0, 0.05) is 15.5 Å². The lowest BCUT2D eigenvalue weighted by atomic mass is 10.3. The van der Waals surface area contributed by atoms with Gasteiger partial charge in [-0.05, 0) is 50.9 Å². The highest BCUT2D eigenvalue weighted by molar-refractivity contribution is 9.11. The number of aromatic nitrogens is 4. The molecule has 0 saturated heterocycles. The number of nitrogens with zero attached hydrogens (tertiary/aromatic N) is 3. The molecule has 8 heteroatoms. The Morgan fingerprint density at radius 1 is 1.19 bits per heavy atom. The van der Waals surface area contributed by atoms with Crippen LogP contribution in [-0.4, -0.2) is 26.7 Å². The number of H-pyrrole nitrogens is 1. The average molecular weight is 412 g/mol. The van der Waals surface area contributed by atoms with E-state index in [1.807, 2.05) is 25.1 Å². The number of rotatable bonds is 4. The van der Waals surface area contributed by atoms with E-state index in [0.29, 0.717) is 17.4 Å². The number of hydrogen-bond donors (Lipinski definition) is 3. The largest absolute Gasteiger partial charge is 0.354 e. The number of benzene rings is 1. The van der Waals surface area contributed by atoms with E-state index in [9.17, 15) is 0 Å². The van der Waals surface area contributed by atoms with Crippen LogP contribution in [0.15, 0.2) is 33.3 Å². The summed E-state index contributed by atoms with van der Waals surface area (Å²) in [5.74, 6) is 1.25. The van der Waals surface area contributed by atoms with Gasteiger partial charge in [-0.3, -0.25) is 5.10 Å². The van der Waals surface area contributed by atoms with Crippen molar-refractivity contribution in [3.63, 3.8) is 0 Å². The molecule has 6 nitrogen and oxygen atoms in total. The molecule has 0 bridgehead atoms. The van der Waals surface area contributed by atoms with Gasteiger partial charge in [0.2, 0.25) is 5.95 Å². The minimum atomic E-state index is 0.555. The van der Waals surface area contributed by atoms with Crippen molar-refractivity contribution in [2.24, 2.45) is 0 Å². The standard InChI is InChI=1S/C13H12Br2N6/c1-2-16-13-19-11(7-6-17-21-12(7)20-13)18-10-8(14)4-3-5-9(10)15/h3-6H,2H2,1H3,(H3,16,17,18,19,20,21). The summed E-state index contributed by atoms with van der Waals surface area (Å²) in [6, 6.07) is 5.88. The molecule has 0 spiro atoms. The molecule has 2 heterocycles. The van der Waals surface area contributed by atoms with Crippen LogP contribution in [0.1, 0.15) is 6.92 Å². The smallest absolute Gasteiger partial charge is 0.226 e. The van der Waals surface area contributed by atoms with E-state index in [0.717, 1.165) is 26.6 Å². The van der Waals surface area contributed by atoms with Crippen LogP contribution in [0, 0.1) is 0 Å².